The second-order valence-electron chi connectivity index (χ2n) is 5.41. The summed E-state index contributed by atoms with van der Waals surface area (Å²) in [4.78, 5) is 15.6. The Kier molecular flexibility index (Phi) is 5.80. The molecule has 0 radical (unpaired) electrons. The van der Waals surface area contributed by atoms with Gasteiger partial charge in [0.25, 0.3) is 0 Å². The van der Waals surface area contributed by atoms with Crippen molar-refractivity contribution in [2.24, 2.45) is 0 Å². The second kappa shape index (κ2) is 7.62. The number of carbonyl (C=O) groups is 1. The maximum Gasteiger partial charge on any atom is 0.142 e. The highest BCUT2D eigenvalue weighted by Crippen LogP contribution is 2.35. The molecule has 0 aromatic carbocycles. The van der Waals surface area contributed by atoms with Crippen LogP contribution in [0.25, 0.3) is 11.3 Å². The van der Waals surface area contributed by atoms with E-state index in [1.165, 1.54) is 20.9 Å². The minimum absolute atomic E-state index is 0.229. The normalized spacial score (nSPS) is 20.0. The topological polar surface area (TPSA) is 35.6 Å². The van der Waals surface area contributed by atoms with Gasteiger partial charge < -0.3 is 14.7 Å². The Hall–Kier alpha value is -1.85. The van der Waals surface area contributed by atoms with E-state index >= 15 is 0 Å². The van der Waals surface area contributed by atoms with Crippen LogP contribution in [-0.4, -0.2) is 42.9 Å². The summed E-state index contributed by atoms with van der Waals surface area (Å²) in [6.07, 6.45) is 9.42. The Labute approximate surface area is 142 Å². The Balaban J connectivity index is 0.000000924. The molecule has 2 aliphatic heterocycles. The lowest BCUT2D eigenvalue weighted by molar-refractivity contribution is -0.109. The molecule has 0 bridgehead atoms. The van der Waals surface area contributed by atoms with Crippen LogP contribution >= 0.6 is 11.3 Å². The van der Waals surface area contributed by atoms with Crippen molar-refractivity contribution < 1.29 is 4.79 Å². The Morgan fingerprint density at radius 1 is 1.35 bits per heavy atom. The van der Waals surface area contributed by atoms with Crippen LogP contribution in [0, 0.1) is 6.92 Å². The molecule has 0 aliphatic carbocycles. The summed E-state index contributed by atoms with van der Waals surface area (Å²) < 4.78 is 0. The largest absolute Gasteiger partial charge is 0.376 e. The van der Waals surface area contributed by atoms with Crippen LogP contribution in [0.5, 0.6) is 0 Å². The Morgan fingerprint density at radius 3 is 2.70 bits per heavy atom. The number of thiophene rings is 1. The number of carbonyl (C=O) groups excluding carboxylic acids is 1. The summed E-state index contributed by atoms with van der Waals surface area (Å²) in [7, 11) is 4.02. The zero-order chi connectivity index (χ0) is 17.0. The molecule has 5 heteroatoms. The minimum Gasteiger partial charge on any atom is -0.376 e. The van der Waals surface area contributed by atoms with Gasteiger partial charge in [-0.05, 0) is 19.1 Å². The van der Waals surface area contributed by atoms with Gasteiger partial charge in [0.1, 0.15) is 12.3 Å². The second-order valence-corrected chi connectivity index (χ2v) is 6.67. The van der Waals surface area contributed by atoms with Gasteiger partial charge in [-0.25, -0.2) is 5.43 Å². The molecule has 124 valence electrons. The van der Waals surface area contributed by atoms with Crippen molar-refractivity contribution in [2.75, 3.05) is 20.6 Å². The summed E-state index contributed by atoms with van der Waals surface area (Å²) in [6.45, 7) is 7.09. The zero-order valence-corrected chi connectivity index (χ0v) is 15.3. The average Bonchev–Trinajstić information content (AvgIpc) is 3.12. The standard InChI is InChI=1S/C16H19N3OS.C2H6/c1-11-14(15-7-13(10-20)17-19(15)3)8-16(21-11)12-5-4-6-18(2)9-12;1-2/h4-5,7-10,13,17H,6H2,1-3H3;1-2H3. The Bertz CT molecular complexity index is 657. The van der Waals surface area contributed by atoms with Crippen LogP contribution in [0.3, 0.4) is 0 Å². The van der Waals surface area contributed by atoms with E-state index in [0.29, 0.717) is 0 Å². The number of nitrogens with one attached hydrogen (secondary N) is 1. The molecular formula is C18H25N3OS. The van der Waals surface area contributed by atoms with Crippen molar-refractivity contribution >= 4 is 28.9 Å². The molecule has 1 unspecified atom stereocenters. The third-order valence-electron chi connectivity index (χ3n) is 3.72. The molecule has 4 nitrogen and oxygen atoms in total. The molecule has 0 spiro atoms. The molecule has 2 aliphatic rings. The van der Waals surface area contributed by atoms with E-state index in [1.54, 1.807) is 11.3 Å². The summed E-state index contributed by atoms with van der Waals surface area (Å²) in [5.74, 6) is 0. The predicted molar refractivity (Wildman–Crippen MR) is 98.9 cm³/mol. The van der Waals surface area contributed by atoms with Crippen LogP contribution in [-0.2, 0) is 4.79 Å². The van der Waals surface area contributed by atoms with Crippen molar-refractivity contribution in [2.45, 2.75) is 26.8 Å². The maximum absolute atomic E-state index is 10.9. The third kappa shape index (κ3) is 3.74. The van der Waals surface area contributed by atoms with E-state index in [4.69, 9.17) is 0 Å². The number of likely N-dealkylation sites (N-methyl/N-ethyl adjacent to an activating group) is 1. The summed E-state index contributed by atoms with van der Waals surface area (Å²) in [5.41, 5.74) is 6.62. The smallest absolute Gasteiger partial charge is 0.142 e. The molecule has 0 amide bonds. The fraction of sp³-hybridized carbons (Fsp3) is 0.389. The van der Waals surface area contributed by atoms with Gasteiger partial charge in [-0.15, -0.1) is 11.3 Å². The highest BCUT2D eigenvalue weighted by Gasteiger charge is 2.23. The summed E-state index contributed by atoms with van der Waals surface area (Å²) in [6, 6.07) is 1.99. The molecule has 1 atom stereocenters. The minimum atomic E-state index is -0.229. The monoisotopic (exact) mass is 331 g/mol. The SMILES string of the molecule is CC.Cc1sc(C2=CN(C)CC=C2)cc1C1=CC(C=O)NN1C. The summed E-state index contributed by atoms with van der Waals surface area (Å²) >= 11 is 1.79. The first-order valence-electron chi connectivity index (χ1n) is 7.95. The first-order chi connectivity index (χ1) is 11.1. The lowest BCUT2D eigenvalue weighted by Crippen LogP contribution is -2.34. The van der Waals surface area contributed by atoms with Gasteiger partial charge in [0.15, 0.2) is 0 Å². The van der Waals surface area contributed by atoms with Gasteiger partial charge >= 0.3 is 0 Å². The van der Waals surface area contributed by atoms with Crippen LogP contribution in [0.15, 0.2) is 30.5 Å². The lowest BCUT2D eigenvalue weighted by atomic mass is 10.1. The van der Waals surface area contributed by atoms with Crippen LogP contribution in [0.4, 0.5) is 0 Å². The highest BCUT2D eigenvalue weighted by atomic mass is 32.1. The third-order valence-corrected chi connectivity index (χ3v) is 4.82. The molecule has 3 rings (SSSR count). The van der Waals surface area contributed by atoms with Crippen molar-refractivity contribution in [3.8, 4) is 0 Å². The average molecular weight is 331 g/mol. The van der Waals surface area contributed by atoms with E-state index in [2.05, 4.69) is 48.7 Å². The molecule has 0 fully saturated rings. The van der Waals surface area contributed by atoms with E-state index < -0.39 is 0 Å². The predicted octanol–water partition coefficient (Wildman–Crippen LogP) is 3.28. The van der Waals surface area contributed by atoms with E-state index in [-0.39, 0.29) is 6.04 Å². The van der Waals surface area contributed by atoms with Gasteiger partial charge in [0, 0.05) is 47.7 Å². The highest BCUT2D eigenvalue weighted by molar-refractivity contribution is 7.13. The number of nitrogens with zero attached hydrogens (tertiary/aromatic N) is 2. The van der Waals surface area contributed by atoms with Crippen molar-refractivity contribution in [1.29, 1.82) is 0 Å². The van der Waals surface area contributed by atoms with Crippen LogP contribution in [0.1, 0.15) is 29.2 Å². The van der Waals surface area contributed by atoms with Gasteiger partial charge in [0.05, 0.1) is 5.70 Å². The van der Waals surface area contributed by atoms with Gasteiger partial charge in [0.2, 0.25) is 0 Å². The summed E-state index contributed by atoms with van der Waals surface area (Å²) in [5, 5.41) is 1.93. The van der Waals surface area contributed by atoms with Crippen molar-refractivity contribution in [1.82, 2.24) is 15.3 Å². The van der Waals surface area contributed by atoms with Gasteiger partial charge in [-0.1, -0.05) is 26.0 Å². The molecule has 1 N–H and O–H groups in total. The first kappa shape index (κ1) is 17.5. The molecule has 0 saturated carbocycles. The molecular weight excluding hydrogens is 306 g/mol. The zero-order valence-electron chi connectivity index (χ0n) is 14.5. The number of aldehydes is 1. The van der Waals surface area contributed by atoms with Crippen LogP contribution in [0.2, 0.25) is 0 Å². The number of rotatable bonds is 3. The molecule has 23 heavy (non-hydrogen) atoms. The maximum atomic E-state index is 10.9. The first-order valence-corrected chi connectivity index (χ1v) is 8.77. The van der Waals surface area contributed by atoms with Crippen molar-refractivity contribution in [3.05, 3.63) is 45.8 Å². The number of hydrogen-bond donors (Lipinski definition) is 1. The van der Waals surface area contributed by atoms with Crippen molar-refractivity contribution in [3.63, 3.8) is 0 Å². The number of hydrazine groups is 1. The van der Waals surface area contributed by atoms with E-state index in [9.17, 15) is 4.79 Å². The van der Waals surface area contributed by atoms with E-state index in [1.807, 2.05) is 32.0 Å². The fourth-order valence-electron chi connectivity index (χ4n) is 2.66. The Morgan fingerprint density at radius 2 is 2.09 bits per heavy atom. The molecule has 3 heterocycles. The van der Waals surface area contributed by atoms with Gasteiger partial charge in [-0.2, -0.15) is 0 Å². The molecule has 1 aromatic rings. The fourth-order valence-corrected chi connectivity index (χ4v) is 3.67. The number of allylic oxidation sites excluding steroid dienone is 2. The lowest BCUT2D eigenvalue weighted by Gasteiger charge is -2.17. The molecule has 1 aromatic heterocycles. The van der Waals surface area contributed by atoms with Gasteiger partial charge in [-0.3, -0.25) is 0 Å². The quantitative estimate of drug-likeness (QED) is 0.862. The number of aryl methyl sites for hydroxylation is 1. The van der Waals surface area contributed by atoms with E-state index in [0.717, 1.165) is 18.5 Å². The molecule has 0 saturated heterocycles. The van der Waals surface area contributed by atoms with Crippen LogP contribution < -0.4 is 5.43 Å². The number of hydrogen-bond acceptors (Lipinski definition) is 5.